The average molecular weight is 663 g/mol. The van der Waals surface area contributed by atoms with Crippen LogP contribution in [0.3, 0.4) is 0 Å². The molecule has 1 amide bonds. The number of para-hydroxylation sites is 1. The molecule has 0 saturated carbocycles. The summed E-state index contributed by atoms with van der Waals surface area (Å²) in [4.78, 5) is 25.6. The summed E-state index contributed by atoms with van der Waals surface area (Å²) in [5.41, 5.74) is 9.45. The molecule has 0 spiro atoms. The van der Waals surface area contributed by atoms with Crippen molar-refractivity contribution in [1.82, 2.24) is 19.4 Å². The van der Waals surface area contributed by atoms with Crippen LogP contribution in [0.2, 0.25) is 0 Å². The average Bonchev–Trinajstić information content (AvgIpc) is 3.37. The quantitative estimate of drug-likeness (QED) is 0.0819. The van der Waals surface area contributed by atoms with Gasteiger partial charge in [0.2, 0.25) is 11.9 Å². The molecule has 0 atom stereocenters. The molecule has 0 saturated heterocycles. The number of nitrogen functional groups attached to an aromatic ring is 1. The summed E-state index contributed by atoms with van der Waals surface area (Å²) in [6.45, 7) is 1.14. The number of anilines is 5. The van der Waals surface area contributed by atoms with Crippen LogP contribution in [0, 0.1) is 5.82 Å². The van der Waals surface area contributed by atoms with Crippen LogP contribution in [0.4, 0.5) is 46.3 Å². The summed E-state index contributed by atoms with van der Waals surface area (Å²) >= 11 is 0. The van der Waals surface area contributed by atoms with E-state index in [0.29, 0.717) is 35.6 Å². The Labute approximate surface area is 274 Å². The van der Waals surface area contributed by atoms with Crippen LogP contribution in [-0.2, 0) is 11.8 Å². The van der Waals surface area contributed by atoms with Gasteiger partial charge in [0.25, 0.3) is 0 Å². The minimum Gasteiger partial charge on any atom is -0.403 e. The highest BCUT2D eigenvalue weighted by atomic mass is 19.4. The predicted molar refractivity (Wildman–Crippen MR) is 181 cm³/mol. The maximum Gasteiger partial charge on any atom is 0.573 e. The molecule has 2 heterocycles. The topological polar surface area (TPSA) is 114 Å². The number of hydrogen-bond acceptors (Lipinski definition) is 8. The van der Waals surface area contributed by atoms with Crippen molar-refractivity contribution in [3.05, 3.63) is 90.5 Å². The van der Waals surface area contributed by atoms with Gasteiger partial charge in [-0.2, -0.15) is 0 Å². The summed E-state index contributed by atoms with van der Waals surface area (Å²) in [6, 6.07) is 15.7. The summed E-state index contributed by atoms with van der Waals surface area (Å²) in [5, 5.41) is 6.43. The number of alkyl halides is 3. The van der Waals surface area contributed by atoms with Crippen LogP contribution in [0.25, 0.3) is 28.2 Å². The van der Waals surface area contributed by atoms with E-state index in [2.05, 4.69) is 25.3 Å². The van der Waals surface area contributed by atoms with Crippen LogP contribution in [-0.4, -0.2) is 65.9 Å². The Kier molecular flexibility index (Phi) is 9.84. The first-order chi connectivity index (χ1) is 22.8. The second-order valence-corrected chi connectivity index (χ2v) is 11.3. The molecular weight excluding hydrogens is 628 g/mol. The lowest BCUT2D eigenvalue weighted by Crippen LogP contribution is -2.29. The van der Waals surface area contributed by atoms with Crippen LogP contribution >= 0.6 is 0 Å². The SMILES string of the molecule is CN(C)CCN(C)c1cc(OC(F)(F)F)c(Nc2ncc(NC(=O)/C=C/c3ccc(F)cc3)c(-c3cn(C)c4ccccc34)n2)cc1N. The number of aromatic nitrogens is 3. The van der Waals surface area contributed by atoms with Gasteiger partial charge in [-0.25, -0.2) is 14.4 Å². The van der Waals surface area contributed by atoms with Crippen molar-refractivity contribution in [1.29, 1.82) is 0 Å². The van der Waals surface area contributed by atoms with Crippen molar-refractivity contribution >= 4 is 51.6 Å². The number of likely N-dealkylation sites (N-methyl/N-ethyl adjacent to an activating group) is 2. The van der Waals surface area contributed by atoms with Gasteiger partial charge in [-0.1, -0.05) is 30.3 Å². The van der Waals surface area contributed by atoms with E-state index in [0.717, 1.165) is 10.9 Å². The maximum absolute atomic E-state index is 13.5. The van der Waals surface area contributed by atoms with Gasteiger partial charge in [-0.15, -0.1) is 13.2 Å². The number of halogens is 4. The summed E-state index contributed by atoms with van der Waals surface area (Å²) < 4.78 is 60.2. The Balaban J connectivity index is 1.53. The molecule has 0 aliphatic carbocycles. The molecule has 4 N–H and O–H groups in total. The zero-order valence-corrected chi connectivity index (χ0v) is 26.6. The van der Waals surface area contributed by atoms with Gasteiger partial charge in [-0.05, 0) is 50.0 Å². The first kappa shape index (κ1) is 33.7. The standard InChI is InChI=1S/C34H34F4N8O2/c1-44(2)15-16-45(3)29-18-30(48-34(36,37)38)26(17-25(29)39)42-33-40-19-27(41-31(47)14-11-21-9-12-22(35)13-10-21)32(43-33)24-20-46(4)28-8-6-5-7-23(24)28/h5-14,17-20H,15-16,39H2,1-4H3,(H,41,47)(H,40,42,43)/b14-11+. The molecule has 0 unspecified atom stereocenters. The highest BCUT2D eigenvalue weighted by Crippen LogP contribution is 2.40. The number of hydrogen-bond donors (Lipinski definition) is 3. The smallest absolute Gasteiger partial charge is 0.403 e. The Morgan fingerprint density at radius 3 is 2.48 bits per heavy atom. The van der Waals surface area contributed by atoms with Gasteiger partial charge < -0.3 is 35.5 Å². The molecule has 10 nitrogen and oxygen atoms in total. The number of benzene rings is 3. The van der Waals surface area contributed by atoms with Crippen molar-refractivity contribution in [3.8, 4) is 17.0 Å². The van der Waals surface area contributed by atoms with Crippen LogP contribution in [0.5, 0.6) is 5.75 Å². The van der Waals surface area contributed by atoms with Crippen LogP contribution in [0.1, 0.15) is 5.56 Å². The molecule has 3 aromatic carbocycles. The van der Waals surface area contributed by atoms with Crippen molar-refractivity contribution in [2.75, 3.05) is 55.5 Å². The molecule has 0 aliphatic heterocycles. The third-order valence-electron chi connectivity index (χ3n) is 7.39. The summed E-state index contributed by atoms with van der Waals surface area (Å²) in [7, 11) is 7.35. The lowest BCUT2D eigenvalue weighted by Gasteiger charge is -2.25. The van der Waals surface area contributed by atoms with E-state index in [1.807, 2.05) is 61.1 Å². The molecule has 0 fully saturated rings. The van der Waals surface area contributed by atoms with E-state index in [1.165, 1.54) is 54.7 Å². The highest BCUT2D eigenvalue weighted by Gasteiger charge is 2.33. The zero-order chi connectivity index (χ0) is 34.6. The Hall–Kier alpha value is -5.63. The zero-order valence-electron chi connectivity index (χ0n) is 26.6. The number of aryl methyl sites for hydroxylation is 1. The monoisotopic (exact) mass is 662 g/mol. The Morgan fingerprint density at radius 2 is 1.77 bits per heavy atom. The summed E-state index contributed by atoms with van der Waals surface area (Å²) in [5.74, 6) is -1.50. The van der Waals surface area contributed by atoms with Gasteiger partial charge >= 0.3 is 6.36 Å². The predicted octanol–water partition coefficient (Wildman–Crippen LogP) is 6.65. The fourth-order valence-corrected chi connectivity index (χ4v) is 5.00. The number of nitrogens with one attached hydrogen (secondary N) is 2. The number of nitrogens with zero attached hydrogens (tertiary/aromatic N) is 5. The minimum absolute atomic E-state index is 0.0714. The molecule has 0 radical (unpaired) electrons. The second kappa shape index (κ2) is 14.0. The van der Waals surface area contributed by atoms with E-state index in [4.69, 9.17) is 5.73 Å². The number of rotatable bonds is 11. The molecule has 0 aliphatic rings. The Bertz CT molecular complexity index is 1960. The van der Waals surface area contributed by atoms with E-state index in [9.17, 15) is 22.4 Å². The fourth-order valence-electron chi connectivity index (χ4n) is 5.00. The molecule has 48 heavy (non-hydrogen) atoms. The van der Waals surface area contributed by atoms with Gasteiger partial charge in [0.15, 0.2) is 5.75 Å². The highest BCUT2D eigenvalue weighted by molar-refractivity contribution is 6.06. The molecule has 14 heteroatoms. The molecule has 5 rings (SSSR count). The number of ether oxygens (including phenoxy) is 1. The third-order valence-corrected chi connectivity index (χ3v) is 7.39. The van der Waals surface area contributed by atoms with E-state index < -0.39 is 23.8 Å². The molecule has 250 valence electrons. The van der Waals surface area contributed by atoms with Crippen molar-refractivity contribution < 1.29 is 27.1 Å². The first-order valence-electron chi connectivity index (χ1n) is 14.8. The van der Waals surface area contributed by atoms with Crippen molar-refractivity contribution in [2.45, 2.75) is 6.36 Å². The third kappa shape index (κ3) is 8.20. The number of carbonyl (C=O) groups excluding carboxylic acids is 1. The van der Waals surface area contributed by atoms with E-state index in [1.54, 1.807) is 11.9 Å². The number of nitrogens with two attached hydrogens (primary N) is 1. The van der Waals surface area contributed by atoms with Gasteiger partial charge in [-0.3, -0.25) is 4.79 Å². The van der Waals surface area contributed by atoms with Gasteiger partial charge in [0.05, 0.1) is 28.9 Å². The first-order valence-corrected chi connectivity index (χ1v) is 14.8. The molecule has 5 aromatic rings. The minimum atomic E-state index is -4.99. The number of amides is 1. The normalized spacial score (nSPS) is 11.8. The van der Waals surface area contributed by atoms with E-state index in [-0.39, 0.29) is 23.0 Å². The maximum atomic E-state index is 13.5. The Morgan fingerprint density at radius 1 is 1.04 bits per heavy atom. The van der Waals surface area contributed by atoms with Crippen LogP contribution < -0.4 is 26.0 Å². The van der Waals surface area contributed by atoms with Gasteiger partial charge in [0, 0.05) is 62.0 Å². The van der Waals surface area contributed by atoms with Crippen LogP contribution in [0.15, 0.2) is 79.1 Å². The van der Waals surface area contributed by atoms with Crippen molar-refractivity contribution in [2.24, 2.45) is 7.05 Å². The second-order valence-electron chi connectivity index (χ2n) is 11.3. The lowest BCUT2D eigenvalue weighted by molar-refractivity contribution is -0.274. The summed E-state index contributed by atoms with van der Waals surface area (Å²) in [6.07, 6.45) is 1.00. The lowest BCUT2D eigenvalue weighted by atomic mass is 10.1. The number of fused-ring (bicyclic) bond motifs is 1. The van der Waals surface area contributed by atoms with Crippen molar-refractivity contribution in [3.63, 3.8) is 0 Å². The fraction of sp³-hybridized carbons (Fsp3) is 0.206. The molecule has 0 bridgehead atoms. The molecule has 2 aromatic heterocycles. The molecular formula is C34H34F4N8O2. The van der Waals surface area contributed by atoms with Gasteiger partial charge in [0.1, 0.15) is 11.5 Å². The number of carbonyl (C=O) groups is 1. The van der Waals surface area contributed by atoms with E-state index >= 15 is 0 Å². The largest absolute Gasteiger partial charge is 0.573 e.